The zero-order valence-corrected chi connectivity index (χ0v) is 23.7. The van der Waals surface area contributed by atoms with Crippen molar-refractivity contribution in [3.8, 4) is 0 Å². The fourth-order valence-electron chi connectivity index (χ4n) is 4.60. The Hall–Kier alpha value is -1.58. The van der Waals surface area contributed by atoms with Crippen LogP contribution < -0.4 is 0 Å². The fourth-order valence-corrected chi connectivity index (χ4v) is 4.60. The summed E-state index contributed by atoms with van der Waals surface area (Å²) in [5.74, 6) is -1.99. The van der Waals surface area contributed by atoms with E-state index < -0.39 is 17.9 Å². The van der Waals surface area contributed by atoms with Crippen LogP contribution >= 0.6 is 0 Å². The Morgan fingerprint density at radius 1 is 0.694 bits per heavy atom. The number of carboxylic acid groups (broad SMARTS) is 1. The lowest BCUT2D eigenvalue weighted by atomic mass is 9.97. The first-order valence-electron chi connectivity index (χ1n) is 15.3. The molecule has 0 radical (unpaired) electrons. The van der Waals surface area contributed by atoms with Crippen molar-refractivity contribution in [2.45, 2.75) is 155 Å². The van der Waals surface area contributed by atoms with Gasteiger partial charge in [-0.15, -0.1) is 0 Å². The van der Waals surface area contributed by atoms with E-state index in [1.54, 1.807) is 0 Å². The molecule has 0 spiro atoms. The molecule has 0 aliphatic carbocycles. The number of unbranched alkanes of at least 4 members (excludes halogenated alkanes) is 19. The minimum atomic E-state index is -0.903. The summed E-state index contributed by atoms with van der Waals surface area (Å²) >= 11 is 0. The van der Waals surface area contributed by atoms with Gasteiger partial charge in [0.2, 0.25) is 0 Å². The maximum absolute atomic E-state index is 11.6. The molecule has 1 N–H and O–H groups in total. The number of allylic oxidation sites excluding steroid dienone is 2. The number of carbonyl (C=O) groups is 2. The molecule has 0 aliphatic rings. The molecule has 0 bridgehead atoms. The van der Waals surface area contributed by atoms with Gasteiger partial charge < -0.3 is 9.84 Å². The molecule has 0 aromatic rings. The van der Waals surface area contributed by atoms with Crippen LogP contribution in [0.3, 0.4) is 0 Å². The van der Waals surface area contributed by atoms with Crippen LogP contribution in [-0.2, 0) is 14.3 Å². The summed E-state index contributed by atoms with van der Waals surface area (Å²) in [7, 11) is 0. The molecule has 1 atom stereocenters. The first-order valence-corrected chi connectivity index (χ1v) is 15.3. The number of ether oxygens (including phenoxy) is 1. The monoisotopic (exact) mass is 506 g/mol. The largest absolute Gasteiger partial charge is 0.481 e. The highest BCUT2D eigenvalue weighted by atomic mass is 16.5. The van der Waals surface area contributed by atoms with E-state index in [9.17, 15) is 14.7 Å². The molecule has 0 saturated carbocycles. The molecule has 4 heteroatoms. The van der Waals surface area contributed by atoms with E-state index >= 15 is 0 Å². The standard InChI is InChI=1S/C32H58O4/c1-3-5-6-7-8-9-10-11-12-13-14-15-16-17-18-19-20-21-22-23-24-25-26-27-30(32(34)35)29-31(33)36-28-4-2/h4,14-15,30H,2-3,5-13,16-29H2,1H3,(H,34,35)/b15-14+. The van der Waals surface area contributed by atoms with Crippen molar-refractivity contribution in [2.24, 2.45) is 5.92 Å². The lowest BCUT2D eigenvalue weighted by molar-refractivity contribution is -0.151. The van der Waals surface area contributed by atoms with Crippen LogP contribution in [0.25, 0.3) is 0 Å². The fraction of sp³-hybridized carbons (Fsp3) is 0.812. The predicted octanol–water partition coefficient (Wildman–Crippen LogP) is 9.96. The first kappa shape index (κ1) is 34.4. The third-order valence-corrected chi connectivity index (χ3v) is 6.94. The van der Waals surface area contributed by atoms with Crippen LogP contribution in [0.4, 0.5) is 0 Å². The predicted molar refractivity (Wildman–Crippen MR) is 153 cm³/mol. The average Bonchev–Trinajstić information content (AvgIpc) is 2.87. The Morgan fingerprint density at radius 2 is 1.11 bits per heavy atom. The van der Waals surface area contributed by atoms with Crippen LogP contribution in [0.5, 0.6) is 0 Å². The van der Waals surface area contributed by atoms with Crippen molar-refractivity contribution in [3.05, 3.63) is 24.8 Å². The quantitative estimate of drug-likeness (QED) is 0.0651. The Kier molecular flexibility index (Phi) is 26.8. The number of carbonyl (C=O) groups excluding carboxylic acids is 1. The summed E-state index contributed by atoms with van der Waals surface area (Å²) in [6.45, 7) is 5.91. The third kappa shape index (κ3) is 25.5. The normalized spacial score (nSPS) is 12.1. The van der Waals surface area contributed by atoms with Crippen molar-refractivity contribution in [3.63, 3.8) is 0 Å². The van der Waals surface area contributed by atoms with Gasteiger partial charge in [-0.2, -0.15) is 0 Å². The number of rotatable bonds is 28. The molecule has 4 nitrogen and oxygen atoms in total. The Bertz CT molecular complexity index is 540. The number of carboxylic acids is 1. The van der Waals surface area contributed by atoms with Crippen molar-refractivity contribution in [1.29, 1.82) is 0 Å². The number of esters is 1. The van der Waals surface area contributed by atoms with Crippen LogP contribution in [-0.4, -0.2) is 23.7 Å². The summed E-state index contributed by atoms with van der Waals surface area (Å²) in [6, 6.07) is 0. The van der Waals surface area contributed by atoms with Crippen LogP contribution in [0.15, 0.2) is 24.8 Å². The molecule has 0 amide bonds. The molecule has 0 heterocycles. The molecule has 36 heavy (non-hydrogen) atoms. The summed E-state index contributed by atoms with van der Waals surface area (Å²) in [5, 5.41) is 9.29. The first-order chi connectivity index (χ1) is 17.6. The maximum Gasteiger partial charge on any atom is 0.307 e. The lowest BCUT2D eigenvalue weighted by Crippen LogP contribution is -2.19. The van der Waals surface area contributed by atoms with Crippen molar-refractivity contribution < 1.29 is 19.4 Å². The van der Waals surface area contributed by atoms with E-state index in [0.29, 0.717) is 6.42 Å². The third-order valence-electron chi connectivity index (χ3n) is 6.94. The van der Waals surface area contributed by atoms with Gasteiger partial charge in [0.05, 0.1) is 12.3 Å². The zero-order chi connectivity index (χ0) is 26.5. The van der Waals surface area contributed by atoms with Gasteiger partial charge >= 0.3 is 11.9 Å². The molecule has 0 aromatic heterocycles. The second-order valence-corrected chi connectivity index (χ2v) is 10.4. The smallest absolute Gasteiger partial charge is 0.307 e. The second kappa shape index (κ2) is 28.0. The Morgan fingerprint density at radius 3 is 1.53 bits per heavy atom. The number of hydrogen-bond donors (Lipinski definition) is 1. The lowest BCUT2D eigenvalue weighted by Gasteiger charge is -2.11. The minimum Gasteiger partial charge on any atom is -0.481 e. The molecule has 0 rings (SSSR count). The van der Waals surface area contributed by atoms with Gasteiger partial charge in [-0.25, -0.2) is 0 Å². The summed E-state index contributed by atoms with van der Waals surface area (Å²) in [6.07, 6.45) is 34.1. The number of aliphatic carboxylic acids is 1. The van der Waals surface area contributed by atoms with Gasteiger partial charge in [0.15, 0.2) is 0 Å². The van der Waals surface area contributed by atoms with E-state index in [1.807, 2.05) is 0 Å². The molecule has 0 aliphatic heterocycles. The SMILES string of the molecule is C=CCOC(=O)CC(CCCCCCCCCCCC/C=C/CCCCCCCCCCC)C(=O)O. The number of hydrogen-bond acceptors (Lipinski definition) is 3. The minimum absolute atomic E-state index is 0.0434. The summed E-state index contributed by atoms with van der Waals surface area (Å²) in [5.41, 5.74) is 0. The van der Waals surface area contributed by atoms with Crippen molar-refractivity contribution in [1.82, 2.24) is 0 Å². The van der Waals surface area contributed by atoms with Gasteiger partial charge in [0, 0.05) is 0 Å². The Labute approximate surface area is 223 Å². The highest BCUT2D eigenvalue weighted by molar-refractivity contribution is 5.78. The van der Waals surface area contributed by atoms with Gasteiger partial charge in [-0.1, -0.05) is 141 Å². The van der Waals surface area contributed by atoms with Gasteiger partial charge in [0.1, 0.15) is 6.61 Å². The van der Waals surface area contributed by atoms with Crippen LogP contribution in [0.2, 0.25) is 0 Å². The molecular formula is C32H58O4. The van der Waals surface area contributed by atoms with E-state index in [2.05, 4.69) is 25.7 Å². The summed E-state index contributed by atoms with van der Waals surface area (Å²) in [4.78, 5) is 22.9. The topological polar surface area (TPSA) is 63.6 Å². The second-order valence-electron chi connectivity index (χ2n) is 10.4. The highest BCUT2D eigenvalue weighted by Crippen LogP contribution is 2.17. The highest BCUT2D eigenvalue weighted by Gasteiger charge is 2.21. The molecule has 0 saturated heterocycles. The van der Waals surface area contributed by atoms with Gasteiger partial charge in [-0.3, -0.25) is 9.59 Å². The Balaban J connectivity index is 3.37. The van der Waals surface area contributed by atoms with E-state index in [-0.39, 0.29) is 13.0 Å². The molecule has 0 aromatic carbocycles. The molecule has 0 fully saturated rings. The van der Waals surface area contributed by atoms with E-state index in [4.69, 9.17) is 4.74 Å². The van der Waals surface area contributed by atoms with E-state index in [1.165, 1.54) is 122 Å². The molecule has 210 valence electrons. The maximum atomic E-state index is 11.6. The van der Waals surface area contributed by atoms with Gasteiger partial charge in [-0.05, 0) is 32.1 Å². The average molecular weight is 507 g/mol. The summed E-state index contributed by atoms with van der Waals surface area (Å²) < 4.78 is 4.90. The molecular weight excluding hydrogens is 448 g/mol. The van der Waals surface area contributed by atoms with Crippen LogP contribution in [0, 0.1) is 5.92 Å². The van der Waals surface area contributed by atoms with E-state index in [0.717, 1.165) is 19.3 Å². The van der Waals surface area contributed by atoms with Crippen molar-refractivity contribution >= 4 is 11.9 Å². The molecule has 1 unspecified atom stereocenters. The van der Waals surface area contributed by atoms with Crippen molar-refractivity contribution in [2.75, 3.05) is 6.61 Å². The van der Waals surface area contributed by atoms with Gasteiger partial charge in [0.25, 0.3) is 0 Å². The van der Waals surface area contributed by atoms with Crippen LogP contribution in [0.1, 0.15) is 155 Å². The zero-order valence-electron chi connectivity index (χ0n) is 23.7.